The summed E-state index contributed by atoms with van der Waals surface area (Å²) in [5.41, 5.74) is 4.40. The maximum atomic E-state index is 4.79. The van der Waals surface area contributed by atoms with E-state index >= 15 is 0 Å². The number of aromatic nitrogens is 4. The molecule has 2 heterocycles. The van der Waals surface area contributed by atoms with Crippen LogP contribution < -0.4 is 5.32 Å². The maximum absolute atomic E-state index is 4.79. The van der Waals surface area contributed by atoms with Crippen LogP contribution in [0.25, 0.3) is 10.9 Å². The molecule has 0 amide bonds. The van der Waals surface area contributed by atoms with Crippen LogP contribution in [-0.2, 0) is 6.42 Å². The number of aryl methyl sites for hydroxylation is 1. The first kappa shape index (κ1) is 19.3. The molecule has 0 saturated heterocycles. The van der Waals surface area contributed by atoms with Crippen molar-refractivity contribution in [2.45, 2.75) is 23.3 Å². The molecule has 0 aliphatic heterocycles. The monoisotopic (exact) mass is 423 g/mol. The first-order chi connectivity index (χ1) is 15.2. The number of rotatable bonds is 6. The molecule has 5 rings (SSSR count). The van der Waals surface area contributed by atoms with Gasteiger partial charge >= 0.3 is 0 Å². The Bertz CT molecular complexity index is 1330. The summed E-state index contributed by atoms with van der Waals surface area (Å²) >= 11 is 1.63. The largest absolute Gasteiger partial charge is 0.307 e. The molecule has 3 aromatic carbocycles. The Balaban J connectivity index is 1.50. The Morgan fingerprint density at radius 2 is 1.71 bits per heavy atom. The third-order valence-corrected chi connectivity index (χ3v) is 5.82. The molecule has 0 unspecified atom stereocenters. The second kappa shape index (κ2) is 8.62. The smallest absolute Gasteiger partial charge is 0.229 e. The number of nitrogens with zero attached hydrogens (tertiary/aromatic N) is 3. The van der Waals surface area contributed by atoms with Crippen LogP contribution in [0.5, 0.6) is 0 Å². The Morgan fingerprint density at radius 3 is 2.58 bits per heavy atom. The molecule has 2 N–H and O–H groups in total. The minimum atomic E-state index is 0.542. The zero-order valence-electron chi connectivity index (χ0n) is 17.0. The molecule has 0 spiro atoms. The minimum absolute atomic E-state index is 0.542. The van der Waals surface area contributed by atoms with Gasteiger partial charge in [-0.05, 0) is 42.8 Å². The third kappa shape index (κ3) is 4.59. The normalized spacial score (nSPS) is 11.0. The maximum Gasteiger partial charge on any atom is 0.229 e. The standard InChI is InChI=1S/C25H21N5S/c1-17-8-7-9-18(14-17)15-19-16-23(31-20-10-3-2-4-11-20)27-25(26-19)28-24-21-12-5-6-13-22(21)29-30-24/h2-14,16H,15H2,1H3,(H2,26,27,28,29,30). The van der Waals surface area contributed by atoms with Gasteiger partial charge in [-0.15, -0.1) is 0 Å². The van der Waals surface area contributed by atoms with Crippen molar-refractivity contribution in [1.82, 2.24) is 20.2 Å². The van der Waals surface area contributed by atoms with E-state index in [4.69, 9.17) is 9.97 Å². The Kier molecular flexibility index (Phi) is 5.37. The van der Waals surface area contributed by atoms with Crippen LogP contribution in [0.3, 0.4) is 0 Å². The topological polar surface area (TPSA) is 66.5 Å². The van der Waals surface area contributed by atoms with E-state index in [0.29, 0.717) is 5.95 Å². The van der Waals surface area contributed by atoms with Crippen LogP contribution in [0.1, 0.15) is 16.8 Å². The summed E-state index contributed by atoms with van der Waals surface area (Å²) < 4.78 is 0. The van der Waals surface area contributed by atoms with Crippen LogP contribution in [0, 0.1) is 6.92 Å². The molecule has 0 bridgehead atoms. The summed E-state index contributed by atoms with van der Waals surface area (Å²) in [6, 6.07) is 28.8. The summed E-state index contributed by atoms with van der Waals surface area (Å²) in [5.74, 6) is 1.26. The molecule has 31 heavy (non-hydrogen) atoms. The Labute approximate surface area is 185 Å². The average Bonchev–Trinajstić information content (AvgIpc) is 3.17. The lowest BCUT2D eigenvalue weighted by Crippen LogP contribution is -2.03. The molecule has 6 heteroatoms. The van der Waals surface area contributed by atoms with Gasteiger partial charge in [-0.3, -0.25) is 5.10 Å². The van der Waals surface area contributed by atoms with Crippen molar-refractivity contribution in [3.05, 3.63) is 102 Å². The fourth-order valence-corrected chi connectivity index (χ4v) is 4.34. The van der Waals surface area contributed by atoms with E-state index in [-0.39, 0.29) is 0 Å². The van der Waals surface area contributed by atoms with E-state index in [0.717, 1.165) is 38.8 Å². The second-order valence-corrected chi connectivity index (χ2v) is 8.44. The van der Waals surface area contributed by atoms with Gasteiger partial charge in [0.15, 0.2) is 5.82 Å². The molecule has 152 valence electrons. The van der Waals surface area contributed by atoms with Gasteiger partial charge in [0, 0.05) is 16.7 Å². The highest BCUT2D eigenvalue weighted by molar-refractivity contribution is 7.99. The number of nitrogens with one attached hydrogen (secondary N) is 2. The molecule has 0 atom stereocenters. The molecular formula is C25H21N5S. The van der Waals surface area contributed by atoms with E-state index in [9.17, 15) is 0 Å². The number of H-pyrrole nitrogens is 1. The van der Waals surface area contributed by atoms with Gasteiger partial charge in [0.05, 0.1) is 11.2 Å². The van der Waals surface area contributed by atoms with Crippen LogP contribution in [-0.4, -0.2) is 20.2 Å². The van der Waals surface area contributed by atoms with Crippen molar-refractivity contribution in [3.63, 3.8) is 0 Å². The van der Waals surface area contributed by atoms with Crippen LogP contribution in [0.2, 0.25) is 0 Å². The zero-order chi connectivity index (χ0) is 21.0. The summed E-state index contributed by atoms with van der Waals surface area (Å²) in [5, 5.41) is 12.7. The number of fused-ring (bicyclic) bond motifs is 1. The van der Waals surface area contributed by atoms with E-state index in [1.807, 2.05) is 42.5 Å². The third-order valence-electron chi connectivity index (χ3n) is 4.89. The van der Waals surface area contributed by atoms with E-state index < -0.39 is 0 Å². The van der Waals surface area contributed by atoms with Crippen LogP contribution >= 0.6 is 11.8 Å². The van der Waals surface area contributed by atoms with Crippen LogP contribution in [0.4, 0.5) is 11.8 Å². The van der Waals surface area contributed by atoms with Gasteiger partial charge in [0.2, 0.25) is 5.95 Å². The fourth-order valence-electron chi connectivity index (χ4n) is 3.48. The molecule has 5 nitrogen and oxygen atoms in total. The fraction of sp³-hybridized carbons (Fsp3) is 0.0800. The van der Waals surface area contributed by atoms with Crippen molar-refractivity contribution in [3.8, 4) is 0 Å². The zero-order valence-corrected chi connectivity index (χ0v) is 17.9. The molecule has 5 aromatic rings. The predicted molar refractivity (Wildman–Crippen MR) is 126 cm³/mol. The lowest BCUT2D eigenvalue weighted by Gasteiger charge is -2.09. The first-order valence-electron chi connectivity index (χ1n) is 10.1. The van der Waals surface area contributed by atoms with Gasteiger partial charge in [-0.25, -0.2) is 9.97 Å². The van der Waals surface area contributed by atoms with Crippen molar-refractivity contribution < 1.29 is 0 Å². The minimum Gasteiger partial charge on any atom is -0.307 e. The predicted octanol–water partition coefficient (Wildman–Crippen LogP) is 6.15. The van der Waals surface area contributed by atoms with Crippen molar-refractivity contribution in [1.29, 1.82) is 0 Å². The van der Waals surface area contributed by atoms with Gasteiger partial charge in [0.1, 0.15) is 5.03 Å². The quantitative estimate of drug-likeness (QED) is 0.321. The summed E-state index contributed by atoms with van der Waals surface area (Å²) in [6.07, 6.45) is 0.739. The van der Waals surface area contributed by atoms with Crippen molar-refractivity contribution in [2.75, 3.05) is 5.32 Å². The van der Waals surface area contributed by atoms with Crippen LogP contribution in [0.15, 0.2) is 94.9 Å². The molecule has 2 aromatic heterocycles. The molecular weight excluding hydrogens is 402 g/mol. The van der Waals surface area contributed by atoms with Gasteiger partial charge in [-0.2, -0.15) is 5.10 Å². The number of anilines is 2. The van der Waals surface area contributed by atoms with Gasteiger partial charge in [0.25, 0.3) is 0 Å². The first-order valence-corrected chi connectivity index (χ1v) is 10.9. The molecule has 0 fully saturated rings. The Hall–Kier alpha value is -3.64. The summed E-state index contributed by atoms with van der Waals surface area (Å²) in [4.78, 5) is 10.7. The number of para-hydroxylation sites is 1. The van der Waals surface area contributed by atoms with Gasteiger partial charge < -0.3 is 5.32 Å². The van der Waals surface area contributed by atoms with Gasteiger partial charge in [-0.1, -0.05) is 71.9 Å². The van der Waals surface area contributed by atoms with E-state index in [1.165, 1.54) is 11.1 Å². The number of benzene rings is 3. The second-order valence-electron chi connectivity index (χ2n) is 7.34. The SMILES string of the molecule is Cc1cccc(Cc2cc(Sc3ccccc3)nc(Nc3n[nH]c4ccccc34)n2)c1. The molecule has 0 radical (unpaired) electrons. The number of hydrogen-bond acceptors (Lipinski definition) is 5. The summed E-state index contributed by atoms with van der Waals surface area (Å²) in [7, 11) is 0. The lowest BCUT2D eigenvalue weighted by atomic mass is 10.1. The van der Waals surface area contributed by atoms with E-state index in [1.54, 1.807) is 11.8 Å². The Morgan fingerprint density at radius 1 is 0.871 bits per heavy atom. The van der Waals surface area contributed by atoms with Crippen molar-refractivity contribution in [2.24, 2.45) is 0 Å². The summed E-state index contributed by atoms with van der Waals surface area (Å²) in [6.45, 7) is 2.11. The molecule has 0 aliphatic carbocycles. The highest BCUT2D eigenvalue weighted by atomic mass is 32.2. The molecule has 0 aliphatic rings. The van der Waals surface area contributed by atoms with E-state index in [2.05, 4.69) is 64.9 Å². The van der Waals surface area contributed by atoms with Crippen molar-refractivity contribution >= 4 is 34.4 Å². The highest BCUT2D eigenvalue weighted by Gasteiger charge is 2.11. The number of aromatic amines is 1. The highest BCUT2D eigenvalue weighted by Crippen LogP contribution is 2.29. The lowest BCUT2D eigenvalue weighted by molar-refractivity contribution is 0.967. The number of hydrogen-bond donors (Lipinski definition) is 2. The average molecular weight is 424 g/mol. The molecule has 0 saturated carbocycles.